The summed E-state index contributed by atoms with van der Waals surface area (Å²) < 4.78 is 44.2. The zero-order chi connectivity index (χ0) is 24.6. The number of ether oxygens (including phenoxy) is 3. The molecule has 0 aromatic heterocycles. The van der Waals surface area contributed by atoms with E-state index < -0.39 is 21.6 Å². The Morgan fingerprint density at radius 1 is 1.09 bits per heavy atom. The van der Waals surface area contributed by atoms with Crippen LogP contribution in [0.15, 0.2) is 23.1 Å². The molecule has 10 nitrogen and oxygen atoms in total. The van der Waals surface area contributed by atoms with Gasteiger partial charge in [-0.15, -0.1) is 0 Å². The summed E-state index contributed by atoms with van der Waals surface area (Å²) in [6, 6.07) is 4.41. The summed E-state index contributed by atoms with van der Waals surface area (Å²) in [6.07, 6.45) is 0.616. The van der Waals surface area contributed by atoms with Crippen molar-refractivity contribution in [2.75, 3.05) is 53.5 Å². The lowest BCUT2D eigenvalue weighted by Crippen LogP contribution is -2.43. The van der Waals surface area contributed by atoms with E-state index in [0.29, 0.717) is 44.2 Å². The van der Waals surface area contributed by atoms with Gasteiger partial charge < -0.3 is 24.0 Å². The van der Waals surface area contributed by atoms with Crippen LogP contribution in [-0.2, 0) is 24.3 Å². The maximum atomic E-state index is 12.7. The van der Waals surface area contributed by atoms with E-state index in [4.69, 9.17) is 14.2 Å². The molecule has 1 aliphatic heterocycles. The highest BCUT2D eigenvalue weighted by Gasteiger charge is 2.23. The summed E-state index contributed by atoms with van der Waals surface area (Å²) in [5.74, 6) is 0.0189. The molecule has 1 N–H and O–H groups in total. The number of nitrogens with zero attached hydrogens (tertiary/aromatic N) is 2. The Hall–Kier alpha value is -2.37. The quantitative estimate of drug-likeness (QED) is 0.493. The molecule has 0 radical (unpaired) electrons. The number of esters is 1. The van der Waals surface area contributed by atoms with Crippen molar-refractivity contribution in [2.45, 2.75) is 44.1 Å². The highest BCUT2D eigenvalue weighted by atomic mass is 32.2. The highest BCUT2D eigenvalue weighted by molar-refractivity contribution is 7.89. The smallest absolute Gasteiger partial charge is 0.326 e. The maximum absolute atomic E-state index is 12.7. The molecule has 0 spiro atoms. The molecule has 0 unspecified atom stereocenters. The van der Waals surface area contributed by atoms with E-state index in [2.05, 4.69) is 4.72 Å². The number of carbonyl (C=O) groups is 2. The lowest BCUT2D eigenvalue weighted by Gasteiger charge is -2.26. The lowest BCUT2D eigenvalue weighted by molar-refractivity contribution is -0.159. The van der Waals surface area contributed by atoms with Crippen molar-refractivity contribution >= 4 is 21.9 Å². The molecule has 33 heavy (non-hydrogen) atoms. The molecule has 0 saturated heterocycles. The van der Waals surface area contributed by atoms with Crippen LogP contribution in [-0.4, -0.2) is 89.2 Å². The number of sulfonamides is 1. The predicted octanol–water partition coefficient (Wildman–Crippen LogP) is 1.25. The molecule has 2 rings (SSSR count). The zero-order valence-corrected chi connectivity index (χ0v) is 20.9. The molecule has 0 saturated carbocycles. The monoisotopic (exact) mass is 485 g/mol. The molecule has 0 bridgehead atoms. The Kier molecular flexibility index (Phi) is 9.50. The van der Waals surface area contributed by atoms with E-state index in [-0.39, 0.29) is 30.3 Å². The van der Waals surface area contributed by atoms with Crippen LogP contribution in [0.3, 0.4) is 0 Å². The van der Waals surface area contributed by atoms with Gasteiger partial charge in [-0.05, 0) is 47.0 Å². The van der Waals surface area contributed by atoms with E-state index in [9.17, 15) is 18.0 Å². The van der Waals surface area contributed by atoms with Gasteiger partial charge in [0.15, 0.2) is 11.5 Å². The number of nitrogens with one attached hydrogen (secondary N) is 1. The van der Waals surface area contributed by atoms with Crippen molar-refractivity contribution in [1.82, 2.24) is 14.5 Å². The predicted molar refractivity (Wildman–Crippen MR) is 123 cm³/mol. The van der Waals surface area contributed by atoms with E-state index in [1.54, 1.807) is 26.8 Å². The number of hydrogen-bond acceptors (Lipinski definition) is 8. The van der Waals surface area contributed by atoms with Crippen LogP contribution in [0.25, 0.3) is 0 Å². The Bertz CT molecular complexity index is 926. The molecule has 1 aromatic rings. The third kappa shape index (κ3) is 9.18. The normalized spacial score (nSPS) is 14.0. The third-order valence-electron chi connectivity index (χ3n) is 4.57. The van der Waals surface area contributed by atoms with Gasteiger partial charge in [-0.3, -0.25) is 9.59 Å². The first-order chi connectivity index (χ1) is 15.4. The van der Waals surface area contributed by atoms with E-state index in [1.807, 2.05) is 19.0 Å². The molecule has 0 atom stereocenters. The van der Waals surface area contributed by atoms with Crippen molar-refractivity contribution in [2.24, 2.45) is 0 Å². The average Bonchev–Trinajstić information content (AvgIpc) is 2.94. The van der Waals surface area contributed by atoms with Gasteiger partial charge in [0.1, 0.15) is 12.1 Å². The van der Waals surface area contributed by atoms with Gasteiger partial charge >= 0.3 is 5.97 Å². The number of likely N-dealkylation sites (N-methyl/N-ethyl adjacent to an activating group) is 1. The van der Waals surface area contributed by atoms with E-state index in [0.717, 1.165) is 0 Å². The first kappa shape index (κ1) is 26.9. The fourth-order valence-corrected chi connectivity index (χ4v) is 4.03. The topological polar surface area (TPSA) is 114 Å². The number of hydrogen-bond donors (Lipinski definition) is 1. The van der Waals surface area contributed by atoms with E-state index in [1.165, 1.54) is 17.0 Å². The summed E-state index contributed by atoms with van der Waals surface area (Å²) >= 11 is 0. The second-order valence-corrected chi connectivity index (χ2v) is 10.8. The molecule has 0 fully saturated rings. The molecule has 1 amide bonds. The van der Waals surface area contributed by atoms with Crippen molar-refractivity contribution < 1.29 is 32.2 Å². The fraction of sp³-hybridized carbons (Fsp3) is 0.636. The molecule has 11 heteroatoms. The summed E-state index contributed by atoms with van der Waals surface area (Å²) in [4.78, 5) is 28.3. The zero-order valence-electron chi connectivity index (χ0n) is 20.0. The van der Waals surface area contributed by atoms with Gasteiger partial charge in [0.05, 0.1) is 18.1 Å². The standard InChI is InChI=1S/C22H35N3O7S/c1-22(2,3)32-21(27)16-25(12-11-24(4)5)20(26)9-10-23-33(28,29)17-7-8-18-19(15-17)31-14-6-13-30-18/h7-8,15,23H,6,9-14,16H2,1-5H3. The van der Waals surface area contributed by atoms with Crippen molar-refractivity contribution in [3.05, 3.63) is 18.2 Å². The molecule has 1 heterocycles. The summed E-state index contributed by atoms with van der Waals surface area (Å²) in [7, 11) is -0.135. The molecule has 1 aromatic carbocycles. The molecule has 186 valence electrons. The van der Waals surface area contributed by atoms with Crippen molar-refractivity contribution in [3.8, 4) is 11.5 Å². The van der Waals surface area contributed by atoms with Crippen LogP contribution in [0.5, 0.6) is 11.5 Å². The number of amides is 1. The van der Waals surface area contributed by atoms with E-state index >= 15 is 0 Å². The molecular weight excluding hydrogens is 450 g/mol. The number of benzene rings is 1. The Morgan fingerprint density at radius 3 is 2.39 bits per heavy atom. The average molecular weight is 486 g/mol. The van der Waals surface area contributed by atoms with Crippen LogP contribution in [0.1, 0.15) is 33.6 Å². The van der Waals surface area contributed by atoms with Crippen LogP contribution < -0.4 is 14.2 Å². The SMILES string of the molecule is CN(C)CCN(CC(=O)OC(C)(C)C)C(=O)CCNS(=O)(=O)c1ccc2c(c1)OCCCO2. The van der Waals surface area contributed by atoms with Gasteiger partial charge in [-0.2, -0.15) is 0 Å². The maximum Gasteiger partial charge on any atom is 0.326 e. The largest absolute Gasteiger partial charge is 0.490 e. The first-order valence-corrected chi connectivity index (χ1v) is 12.4. The van der Waals surface area contributed by atoms with Gasteiger partial charge in [0, 0.05) is 38.5 Å². The Labute approximate surface area is 196 Å². The van der Waals surface area contributed by atoms with Crippen LogP contribution in [0.4, 0.5) is 0 Å². The second-order valence-electron chi connectivity index (χ2n) is 9.01. The van der Waals surface area contributed by atoms with Crippen LogP contribution in [0, 0.1) is 0 Å². The van der Waals surface area contributed by atoms with Gasteiger partial charge in [0.25, 0.3) is 0 Å². The van der Waals surface area contributed by atoms with Gasteiger partial charge in [-0.1, -0.05) is 0 Å². The summed E-state index contributed by atoms with van der Waals surface area (Å²) in [5.41, 5.74) is -0.661. The molecular formula is C22H35N3O7S. The van der Waals surface area contributed by atoms with Gasteiger partial charge in [-0.25, -0.2) is 13.1 Å². The van der Waals surface area contributed by atoms with Crippen LogP contribution >= 0.6 is 0 Å². The highest BCUT2D eigenvalue weighted by Crippen LogP contribution is 2.31. The number of carbonyl (C=O) groups excluding carboxylic acids is 2. The van der Waals surface area contributed by atoms with Crippen molar-refractivity contribution in [1.29, 1.82) is 0 Å². The van der Waals surface area contributed by atoms with Crippen molar-refractivity contribution in [3.63, 3.8) is 0 Å². The lowest BCUT2D eigenvalue weighted by atomic mass is 10.2. The second kappa shape index (κ2) is 11.7. The Morgan fingerprint density at radius 2 is 1.76 bits per heavy atom. The number of rotatable bonds is 10. The minimum atomic E-state index is -3.86. The minimum absolute atomic E-state index is 0.0254. The fourth-order valence-electron chi connectivity index (χ4n) is 2.99. The molecule has 1 aliphatic rings. The third-order valence-corrected chi connectivity index (χ3v) is 6.03. The summed E-state index contributed by atoms with van der Waals surface area (Å²) in [5, 5.41) is 0. The Balaban J connectivity index is 1.97. The van der Waals surface area contributed by atoms with Crippen LogP contribution in [0.2, 0.25) is 0 Å². The molecule has 0 aliphatic carbocycles. The number of fused-ring (bicyclic) bond motifs is 1. The minimum Gasteiger partial charge on any atom is -0.490 e. The first-order valence-electron chi connectivity index (χ1n) is 10.9. The van der Waals surface area contributed by atoms with Gasteiger partial charge in [0.2, 0.25) is 15.9 Å². The summed E-state index contributed by atoms with van der Waals surface area (Å²) in [6.45, 7) is 6.78.